The number of alkyl halides is 3. The molecule has 51 heavy (non-hydrogen) atoms. The quantitative estimate of drug-likeness (QED) is 0.173. The number of hydrogen-bond donors (Lipinski definition) is 0. The van der Waals surface area contributed by atoms with Crippen molar-refractivity contribution in [2.24, 2.45) is 0 Å². The van der Waals surface area contributed by atoms with Gasteiger partial charge in [-0.3, -0.25) is 0 Å². The Morgan fingerprint density at radius 2 is 1.08 bits per heavy atom. The van der Waals surface area contributed by atoms with E-state index in [2.05, 4.69) is 109 Å². The predicted molar refractivity (Wildman–Crippen MR) is 212 cm³/mol. The van der Waals surface area contributed by atoms with Gasteiger partial charge < -0.3 is 0 Å². The van der Waals surface area contributed by atoms with Crippen LogP contribution in [0.15, 0.2) is 84.9 Å². The maximum Gasteiger partial charge on any atom is 0.417 e. The molecule has 6 aromatic rings. The average Bonchev–Trinajstić information content (AvgIpc) is 3.89. The Morgan fingerprint density at radius 3 is 1.65 bits per heavy atom. The van der Waals surface area contributed by atoms with Crippen LogP contribution in [-0.2, 0) is 28.8 Å². The van der Waals surface area contributed by atoms with Crippen molar-refractivity contribution in [1.82, 2.24) is 0 Å². The number of aryl methyl sites for hydroxylation is 1. The van der Waals surface area contributed by atoms with Crippen LogP contribution >= 0.6 is 0 Å². The Labute approximate surface area is 302 Å². The lowest BCUT2D eigenvalue weighted by atomic mass is 9.75. The van der Waals surface area contributed by atoms with Crippen molar-refractivity contribution in [3.8, 4) is 22.3 Å². The minimum atomic E-state index is -4.46. The SMILES string of the molecule is CCc1c(-c2ccc3cccc(C(F)(F)F)c3c2C(C)(C)C)ccc2cc(-c3cc(C4CC4)c4c(C(C)(C)C)cccc4c3)cc(C(C)(C)C)c12. The van der Waals surface area contributed by atoms with E-state index in [1.54, 1.807) is 6.07 Å². The normalized spacial score (nSPS) is 14.6. The van der Waals surface area contributed by atoms with Gasteiger partial charge in [0.05, 0.1) is 5.56 Å². The predicted octanol–water partition coefficient (Wildman–Crippen LogP) is 14.8. The minimum Gasteiger partial charge on any atom is -0.166 e. The van der Waals surface area contributed by atoms with Gasteiger partial charge in [0.1, 0.15) is 0 Å². The summed E-state index contributed by atoms with van der Waals surface area (Å²) in [7, 11) is 0. The molecule has 1 aliphatic rings. The Morgan fingerprint density at radius 1 is 0.529 bits per heavy atom. The summed E-state index contributed by atoms with van der Waals surface area (Å²) in [5.74, 6) is 0.601. The van der Waals surface area contributed by atoms with Crippen molar-refractivity contribution in [2.45, 2.75) is 117 Å². The monoisotopic (exact) mass is 684 g/mol. The van der Waals surface area contributed by atoms with Crippen LogP contribution in [0.4, 0.5) is 13.2 Å². The highest BCUT2D eigenvalue weighted by Gasteiger charge is 2.36. The number of benzene rings is 6. The molecule has 0 heterocycles. The van der Waals surface area contributed by atoms with Crippen LogP contribution in [-0.4, -0.2) is 0 Å². The fourth-order valence-corrected chi connectivity index (χ4v) is 8.51. The van der Waals surface area contributed by atoms with Crippen molar-refractivity contribution in [2.75, 3.05) is 0 Å². The summed E-state index contributed by atoms with van der Waals surface area (Å²) in [6.45, 7) is 22.0. The van der Waals surface area contributed by atoms with Gasteiger partial charge in [-0.15, -0.1) is 0 Å². The molecule has 0 saturated heterocycles. The van der Waals surface area contributed by atoms with Crippen LogP contribution in [0.5, 0.6) is 0 Å². The second-order valence-corrected chi connectivity index (χ2v) is 18.0. The minimum absolute atomic E-state index is 0.0491. The third kappa shape index (κ3) is 6.25. The molecule has 3 heteroatoms. The molecule has 0 radical (unpaired) electrons. The van der Waals surface area contributed by atoms with E-state index in [0.29, 0.717) is 16.7 Å². The van der Waals surface area contributed by atoms with E-state index in [4.69, 9.17) is 0 Å². The van der Waals surface area contributed by atoms with Gasteiger partial charge >= 0.3 is 6.18 Å². The zero-order chi connectivity index (χ0) is 36.8. The first-order valence-corrected chi connectivity index (χ1v) is 18.6. The summed E-state index contributed by atoms with van der Waals surface area (Å²) >= 11 is 0. The van der Waals surface area contributed by atoms with Crippen molar-refractivity contribution >= 4 is 32.3 Å². The molecule has 7 rings (SSSR count). The largest absolute Gasteiger partial charge is 0.417 e. The Bertz CT molecular complexity index is 2330. The maximum absolute atomic E-state index is 14.6. The molecule has 0 atom stereocenters. The fourth-order valence-electron chi connectivity index (χ4n) is 8.51. The van der Waals surface area contributed by atoms with Crippen molar-refractivity contribution in [1.29, 1.82) is 0 Å². The summed E-state index contributed by atoms with van der Waals surface area (Å²) in [5, 5.41) is 6.03. The third-order valence-electron chi connectivity index (χ3n) is 10.9. The molecular weight excluding hydrogens is 634 g/mol. The van der Waals surface area contributed by atoms with Crippen LogP contribution in [0, 0.1) is 0 Å². The van der Waals surface area contributed by atoms with E-state index >= 15 is 0 Å². The molecule has 0 spiro atoms. The lowest BCUT2D eigenvalue weighted by molar-refractivity contribution is -0.136. The molecule has 1 fully saturated rings. The molecule has 0 nitrogen and oxygen atoms in total. The lowest BCUT2D eigenvalue weighted by Crippen LogP contribution is -2.17. The van der Waals surface area contributed by atoms with Gasteiger partial charge in [-0.1, -0.05) is 130 Å². The van der Waals surface area contributed by atoms with Gasteiger partial charge in [0.25, 0.3) is 0 Å². The Kier molecular flexibility index (Phi) is 8.29. The Balaban J connectivity index is 1.51. The topological polar surface area (TPSA) is 0 Å². The van der Waals surface area contributed by atoms with Crippen molar-refractivity contribution in [3.05, 3.63) is 118 Å². The molecule has 0 aromatic heterocycles. The van der Waals surface area contributed by atoms with E-state index in [1.807, 2.05) is 26.8 Å². The molecule has 264 valence electrons. The summed E-state index contributed by atoms with van der Waals surface area (Å²) in [5.41, 5.74) is 9.20. The first-order chi connectivity index (χ1) is 23.8. The average molecular weight is 685 g/mol. The zero-order valence-electron chi connectivity index (χ0n) is 31.9. The van der Waals surface area contributed by atoms with Gasteiger partial charge in [-0.05, 0) is 148 Å². The standard InChI is InChI=1S/C48H51F3/c1-11-34-35(36-23-20-29-14-12-17-39(48(49,50)51)43(29)44(36)47(8,9)10)22-21-31-25-33(27-40(41(31)34)46(5,6)7)32-24-30-15-13-16-38(45(2,3)4)42(30)37(26-32)28-18-19-28/h12-17,20-28H,11,18-19H2,1-10H3. The molecular formula is C48H51F3. The van der Waals surface area contributed by atoms with E-state index in [9.17, 15) is 13.2 Å². The molecule has 1 aliphatic carbocycles. The van der Waals surface area contributed by atoms with E-state index in [-0.39, 0.29) is 10.8 Å². The van der Waals surface area contributed by atoms with Crippen LogP contribution in [0.2, 0.25) is 0 Å². The smallest absolute Gasteiger partial charge is 0.166 e. The van der Waals surface area contributed by atoms with Crippen molar-refractivity contribution < 1.29 is 13.2 Å². The molecule has 0 N–H and O–H groups in total. The molecule has 6 aromatic carbocycles. The number of halogens is 3. The van der Waals surface area contributed by atoms with Gasteiger partial charge in [-0.25, -0.2) is 0 Å². The lowest BCUT2D eigenvalue weighted by Gasteiger charge is -2.29. The van der Waals surface area contributed by atoms with Gasteiger partial charge in [-0.2, -0.15) is 13.2 Å². The van der Waals surface area contributed by atoms with Crippen molar-refractivity contribution in [3.63, 3.8) is 0 Å². The fraction of sp³-hybridized carbons (Fsp3) is 0.375. The molecule has 0 aliphatic heterocycles. The first-order valence-electron chi connectivity index (χ1n) is 18.6. The summed E-state index contributed by atoms with van der Waals surface area (Å²) < 4.78 is 43.7. The number of rotatable bonds is 4. The molecule has 1 saturated carbocycles. The second-order valence-electron chi connectivity index (χ2n) is 18.0. The maximum atomic E-state index is 14.6. The number of hydrogen-bond acceptors (Lipinski definition) is 0. The van der Waals surface area contributed by atoms with Gasteiger partial charge in [0, 0.05) is 0 Å². The van der Waals surface area contributed by atoms with Gasteiger partial charge in [0.15, 0.2) is 0 Å². The first kappa shape index (κ1) is 35.3. The van der Waals surface area contributed by atoms with E-state index in [0.717, 1.165) is 23.1 Å². The second kappa shape index (κ2) is 12.0. The highest BCUT2D eigenvalue weighted by Crippen LogP contribution is 2.49. The summed E-state index contributed by atoms with van der Waals surface area (Å²) in [6.07, 6.45) is -1.22. The van der Waals surface area contributed by atoms with E-state index < -0.39 is 17.2 Å². The van der Waals surface area contributed by atoms with Crippen LogP contribution in [0.25, 0.3) is 54.6 Å². The molecule has 0 unspecified atom stereocenters. The van der Waals surface area contributed by atoms with E-state index in [1.165, 1.54) is 79.9 Å². The van der Waals surface area contributed by atoms with Gasteiger partial charge in [0.2, 0.25) is 0 Å². The van der Waals surface area contributed by atoms with Crippen LogP contribution < -0.4 is 0 Å². The molecule has 0 amide bonds. The third-order valence-corrected chi connectivity index (χ3v) is 10.9. The van der Waals surface area contributed by atoms with Crippen LogP contribution in [0.1, 0.15) is 121 Å². The highest BCUT2D eigenvalue weighted by molar-refractivity contribution is 6.02. The zero-order valence-corrected chi connectivity index (χ0v) is 31.9. The molecule has 0 bridgehead atoms. The van der Waals surface area contributed by atoms with Crippen LogP contribution in [0.3, 0.4) is 0 Å². The highest BCUT2D eigenvalue weighted by atomic mass is 19.4. The summed E-state index contributed by atoms with van der Waals surface area (Å²) in [6, 6.07) is 29.2. The Hall–Kier alpha value is -4.11. The number of fused-ring (bicyclic) bond motifs is 3. The summed E-state index contributed by atoms with van der Waals surface area (Å²) in [4.78, 5) is 0.